The quantitative estimate of drug-likeness (QED) is 0.790. The Hall–Kier alpha value is -1.00. The van der Waals surface area contributed by atoms with Crippen LogP contribution in [0.5, 0.6) is 0 Å². The third kappa shape index (κ3) is 4.79. The van der Waals surface area contributed by atoms with Crippen molar-refractivity contribution in [3.8, 4) is 0 Å². The normalized spacial score (nSPS) is 13.0. The molecule has 0 aromatic carbocycles. The number of halogens is 1. The molecule has 1 heterocycles. The number of aromatic nitrogens is 1. The molecule has 0 saturated heterocycles. The average Bonchev–Trinajstić information content (AvgIpc) is 2.35. The number of rotatable bonds is 7. The van der Waals surface area contributed by atoms with Crippen molar-refractivity contribution in [2.45, 2.75) is 26.8 Å². The van der Waals surface area contributed by atoms with Crippen molar-refractivity contribution in [3.63, 3.8) is 0 Å². The SMILES string of the molecule is CCN(CC)CCNC(C)c1ccc(F)cn1. The molecule has 1 rings (SSSR count). The van der Waals surface area contributed by atoms with Crippen LogP contribution in [0, 0.1) is 5.82 Å². The van der Waals surface area contributed by atoms with E-state index in [1.165, 1.54) is 12.3 Å². The maximum absolute atomic E-state index is 12.7. The summed E-state index contributed by atoms with van der Waals surface area (Å²) in [5.74, 6) is -0.288. The molecule has 96 valence electrons. The molecule has 0 saturated carbocycles. The molecule has 0 fully saturated rings. The van der Waals surface area contributed by atoms with Crippen LogP contribution in [0.2, 0.25) is 0 Å². The highest BCUT2D eigenvalue weighted by Crippen LogP contribution is 2.08. The topological polar surface area (TPSA) is 28.2 Å². The van der Waals surface area contributed by atoms with Gasteiger partial charge in [-0.15, -0.1) is 0 Å². The third-order valence-corrected chi connectivity index (χ3v) is 2.97. The van der Waals surface area contributed by atoms with Gasteiger partial charge in [-0.1, -0.05) is 13.8 Å². The van der Waals surface area contributed by atoms with Gasteiger partial charge < -0.3 is 10.2 Å². The Morgan fingerprint density at radius 1 is 1.35 bits per heavy atom. The molecule has 0 radical (unpaired) electrons. The molecular weight excluding hydrogens is 217 g/mol. The second-order valence-electron chi connectivity index (χ2n) is 4.10. The third-order valence-electron chi connectivity index (χ3n) is 2.97. The van der Waals surface area contributed by atoms with Crippen molar-refractivity contribution < 1.29 is 4.39 Å². The van der Waals surface area contributed by atoms with E-state index in [1.807, 2.05) is 6.92 Å². The second-order valence-corrected chi connectivity index (χ2v) is 4.10. The molecule has 0 spiro atoms. The largest absolute Gasteiger partial charge is 0.308 e. The zero-order chi connectivity index (χ0) is 12.7. The van der Waals surface area contributed by atoms with Gasteiger partial charge >= 0.3 is 0 Å². The van der Waals surface area contributed by atoms with E-state index in [0.717, 1.165) is 31.9 Å². The fraction of sp³-hybridized carbons (Fsp3) is 0.615. The van der Waals surface area contributed by atoms with Crippen molar-refractivity contribution in [1.82, 2.24) is 15.2 Å². The number of hydrogen-bond acceptors (Lipinski definition) is 3. The lowest BCUT2D eigenvalue weighted by Gasteiger charge is -2.20. The fourth-order valence-electron chi connectivity index (χ4n) is 1.73. The van der Waals surface area contributed by atoms with Crippen molar-refractivity contribution in [2.75, 3.05) is 26.2 Å². The molecule has 0 aliphatic rings. The minimum atomic E-state index is -0.288. The predicted molar refractivity (Wildman–Crippen MR) is 68.4 cm³/mol. The zero-order valence-corrected chi connectivity index (χ0v) is 10.9. The molecule has 3 nitrogen and oxygen atoms in total. The summed E-state index contributed by atoms with van der Waals surface area (Å²) in [5, 5.41) is 3.39. The zero-order valence-electron chi connectivity index (χ0n) is 10.9. The average molecular weight is 239 g/mol. The lowest BCUT2D eigenvalue weighted by atomic mass is 10.2. The van der Waals surface area contributed by atoms with Crippen LogP contribution in [0.25, 0.3) is 0 Å². The summed E-state index contributed by atoms with van der Waals surface area (Å²) in [6.45, 7) is 10.5. The van der Waals surface area contributed by atoms with Gasteiger partial charge in [-0.3, -0.25) is 4.98 Å². The molecule has 0 bridgehead atoms. The number of nitrogens with zero attached hydrogens (tertiary/aromatic N) is 2. The van der Waals surface area contributed by atoms with Crippen LogP contribution >= 0.6 is 0 Å². The molecule has 1 N–H and O–H groups in total. The molecule has 1 atom stereocenters. The maximum atomic E-state index is 12.7. The van der Waals surface area contributed by atoms with Gasteiger partial charge in [-0.25, -0.2) is 4.39 Å². The Morgan fingerprint density at radius 3 is 2.59 bits per heavy atom. The van der Waals surface area contributed by atoms with E-state index < -0.39 is 0 Å². The van der Waals surface area contributed by atoms with E-state index in [1.54, 1.807) is 6.07 Å². The van der Waals surface area contributed by atoms with Gasteiger partial charge in [0.1, 0.15) is 5.82 Å². The Balaban J connectivity index is 2.34. The minimum absolute atomic E-state index is 0.158. The molecule has 0 aliphatic heterocycles. The lowest BCUT2D eigenvalue weighted by molar-refractivity contribution is 0.297. The highest BCUT2D eigenvalue weighted by atomic mass is 19.1. The molecule has 1 aromatic heterocycles. The van der Waals surface area contributed by atoms with Gasteiger partial charge in [-0.2, -0.15) is 0 Å². The van der Waals surface area contributed by atoms with Gasteiger partial charge in [0.15, 0.2) is 0 Å². The van der Waals surface area contributed by atoms with Crippen molar-refractivity contribution in [1.29, 1.82) is 0 Å². The van der Waals surface area contributed by atoms with Crippen LogP contribution in [0.4, 0.5) is 4.39 Å². The van der Waals surface area contributed by atoms with E-state index in [9.17, 15) is 4.39 Å². The lowest BCUT2D eigenvalue weighted by Crippen LogP contribution is -2.33. The van der Waals surface area contributed by atoms with Crippen molar-refractivity contribution in [3.05, 3.63) is 29.8 Å². The van der Waals surface area contributed by atoms with E-state index >= 15 is 0 Å². The second kappa shape index (κ2) is 7.35. The first-order valence-electron chi connectivity index (χ1n) is 6.24. The number of pyridine rings is 1. The first-order chi connectivity index (χ1) is 8.17. The molecule has 1 aromatic rings. The molecule has 17 heavy (non-hydrogen) atoms. The fourth-order valence-corrected chi connectivity index (χ4v) is 1.73. The van der Waals surface area contributed by atoms with E-state index in [4.69, 9.17) is 0 Å². The first-order valence-corrected chi connectivity index (χ1v) is 6.24. The van der Waals surface area contributed by atoms with Gasteiger partial charge in [0.05, 0.1) is 11.9 Å². The molecule has 0 aliphatic carbocycles. The first kappa shape index (κ1) is 14.1. The Morgan fingerprint density at radius 2 is 2.06 bits per heavy atom. The standard InChI is InChI=1S/C13H22FN3/c1-4-17(5-2)9-8-15-11(3)13-7-6-12(14)10-16-13/h6-7,10-11,15H,4-5,8-9H2,1-3H3. The number of nitrogens with one attached hydrogen (secondary N) is 1. The summed E-state index contributed by atoms with van der Waals surface area (Å²) in [5.41, 5.74) is 0.881. The van der Waals surface area contributed by atoms with E-state index in [0.29, 0.717) is 0 Å². The number of hydrogen-bond donors (Lipinski definition) is 1. The summed E-state index contributed by atoms with van der Waals surface area (Å²) < 4.78 is 12.7. The predicted octanol–water partition coefficient (Wildman–Crippen LogP) is 2.21. The summed E-state index contributed by atoms with van der Waals surface area (Å²) in [6.07, 6.45) is 1.26. The van der Waals surface area contributed by atoms with Gasteiger partial charge in [0.25, 0.3) is 0 Å². The van der Waals surface area contributed by atoms with Crippen LogP contribution in [-0.4, -0.2) is 36.1 Å². The summed E-state index contributed by atoms with van der Waals surface area (Å²) >= 11 is 0. The van der Waals surface area contributed by atoms with E-state index in [-0.39, 0.29) is 11.9 Å². The Labute approximate surface area is 103 Å². The van der Waals surface area contributed by atoms with Crippen LogP contribution in [0.3, 0.4) is 0 Å². The maximum Gasteiger partial charge on any atom is 0.141 e. The molecule has 1 unspecified atom stereocenters. The summed E-state index contributed by atoms with van der Waals surface area (Å²) in [4.78, 5) is 6.42. The van der Waals surface area contributed by atoms with Crippen LogP contribution in [0.15, 0.2) is 18.3 Å². The molecule has 4 heteroatoms. The van der Waals surface area contributed by atoms with Crippen LogP contribution < -0.4 is 5.32 Å². The van der Waals surface area contributed by atoms with Gasteiger partial charge in [-0.05, 0) is 32.1 Å². The summed E-state index contributed by atoms with van der Waals surface area (Å²) in [6, 6.07) is 3.33. The highest BCUT2D eigenvalue weighted by molar-refractivity contribution is 5.08. The highest BCUT2D eigenvalue weighted by Gasteiger charge is 2.06. The molecule has 0 amide bonds. The number of likely N-dealkylation sites (N-methyl/N-ethyl adjacent to an activating group) is 1. The Kier molecular flexibility index (Phi) is 6.08. The van der Waals surface area contributed by atoms with Crippen molar-refractivity contribution in [2.24, 2.45) is 0 Å². The van der Waals surface area contributed by atoms with Crippen LogP contribution in [0.1, 0.15) is 32.5 Å². The smallest absolute Gasteiger partial charge is 0.141 e. The molecular formula is C13H22FN3. The van der Waals surface area contributed by atoms with Gasteiger partial charge in [0, 0.05) is 19.1 Å². The monoisotopic (exact) mass is 239 g/mol. The summed E-state index contributed by atoms with van der Waals surface area (Å²) in [7, 11) is 0. The minimum Gasteiger partial charge on any atom is -0.308 e. The van der Waals surface area contributed by atoms with Crippen molar-refractivity contribution >= 4 is 0 Å². The Bertz CT molecular complexity index is 309. The van der Waals surface area contributed by atoms with Gasteiger partial charge in [0.2, 0.25) is 0 Å². The van der Waals surface area contributed by atoms with Crippen LogP contribution in [-0.2, 0) is 0 Å². The van der Waals surface area contributed by atoms with E-state index in [2.05, 4.69) is 29.0 Å².